The average molecular weight is 221 g/mol. The molecular weight excluding hydrogens is 206 g/mol. The second-order valence-corrected chi connectivity index (χ2v) is 3.27. The van der Waals surface area contributed by atoms with Crippen molar-refractivity contribution in [3.05, 3.63) is 42.2 Å². The summed E-state index contributed by atoms with van der Waals surface area (Å²) in [6.07, 6.45) is 7.99. The van der Waals surface area contributed by atoms with Crippen LogP contribution in [0, 0.1) is 0 Å². The van der Waals surface area contributed by atoms with E-state index in [9.17, 15) is 4.79 Å². The average Bonchev–Trinajstić information content (AvgIpc) is 2.29. The summed E-state index contributed by atoms with van der Waals surface area (Å²) in [6, 6.07) is 3.95. The molecule has 0 aromatic carbocycles. The Kier molecular flexibility index (Phi) is 5.88. The van der Waals surface area contributed by atoms with E-state index < -0.39 is 5.97 Å². The fourth-order valence-corrected chi connectivity index (χ4v) is 1.23. The summed E-state index contributed by atoms with van der Waals surface area (Å²) in [6.45, 7) is 0.981. The molecule has 1 heterocycles. The predicted molar refractivity (Wildman–Crippen MR) is 60.2 cm³/mol. The Morgan fingerprint density at radius 1 is 1.44 bits per heavy atom. The van der Waals surface area contributed by atoms with Gasteiger partial charge in [0.25, 0.3) is 0 Å². The van der Waals surface area contributed by atoms with Crippen molar-refractivity contribution in [2.75, 3.05) is 13.2 Å². The first-order chi connectivity index (χ1) is 7.79. The minimum absolute atomic E-state index is 0.350. The van der Waals surface area contributed by atoms with E-state index in [2.05, 4.69) is 4.98 Å². The number of carboxylic acid groups (broad SMARTS) is 1. The fraction of sp³-hybridized carbons (Fsp3) is 0.333. The normalized spacial score (nSPS) is 10.8. The monoisotopic (exact) mass is 221 g/mol. The molecule has 1 aromatic rings. The number of nitrogens with zero attached hydrogens (tertiary/aromatic N) is 1. The van der Waals surface area contributed by atoms with Crippen LogP contribution in [-0.2, 0) is 16.0 Å². The van der Waals surface area contributed by atoms with Gasteiger partial charge >= 0.3 is 5.97 Å². The maximum Gasteiger partial charge on any atom is 0.328 e. The highest BCUT2D eigenvalue weighted by Crippen LogP contribution is 2.00. The van der Waals surface area contributed by atoms with Gasteiger partial charge in [0.05, 0.1) is 6.61 Å². The van der Waals surface area contributed by atoms with E-state index in [1.54, 1.807) is 12.4 Å². The van der Waals surface area contributed by atoms with E-state index in [1.807, 2.05) is 12.1 Å². The van der Waals surface area contributed by atoms with Crippen molar-refractivity contribution in [2.45, 2.75) is 12.8 Å². The molecule has 0 spiro atoms. The smallest absolute Gasteiger partial charge is 0.328 e. The molecule has 0 saturated carbocycles. The van der Waals surface area contributed by atoms with Gasteiger partial charge in [-0.2, -0.15) is 0 Å². The van der Waals surface area contributed by atoms with Crippen LogP contribution in [0.1, 0.15) is 12.0 Å². The number of aliphatic carboxylic acids is 1. The molecule has 86 valence electrons. The van der Waals surface area contributed by atoms with Crippen LogP contribution in [-0.4, -0.2) is 29.3 Å². The zero-order valence-corrected chi connectivity index (χ0v) is 9.00. The highest BCUT2D eigenvalue weighted by molar-refractivity contribution is 5.79. The molecule has 0 atom stereocenters. The summed E-state index contributed by atoms with van der Waals surface area (Å²) in [7, 11) is 0. The Labute approximate surface area is 94.6 Å². The molecule has 0 aliphatic heterocycles. The number of aromatic nitrogens is 1. The third-order valence-corrected chi connectivity index (χ3v) is 1.98. The number of carboxylic acids is 1. The van der Waals surface area contributed by atoms with Crippen molar-refractivity contribution in [1.82, 2.24) is 4.98 Å². The van der Waals surface area contributed by atoms with Crippen molar-refractivity contribution in [1.29, 1.82) is 0 Å². The lowest BCUT2D eigenvalue weighted by Crippen LogP contribution is -1.97. The zero-order chi connectivity index (χ0) is 11.6. The van der Waals surface area contributed by atoms with E-state index in [0.717, 1.165) is 18.9 Å². The summed E-state index contributed by atoms with van der Waals surface area (Å²) in [5.74, 6) is -0.944. The number of aryl methyl sites for hydroxylation is 1. The maximum absolute atomic E-state index is 10.1. The van der Waals surface area contributed by atoms with Crippen molar-refractivity contribution in [3.8, 4) is 0 Å². The van der Waals surface area contributed by atoms with Gasteiger partial charge in [-0.3, -0.25) is 4.98 Å². The number of hydrogen-bond donors (Lipinski definition) is 1. The van der Waals surface area contributed by atoms with Crippen LogP contribution in [0.15, 0.2) is 36.7 Å². The standard InChI is InChI=1S/C12H15NO3/c14-12(15)4-2-10-16-9-1-3-11-5-7-13-8-6-11/h2,4-8H,1,3,9-10H2,(H,14,15). The van der Waals surface area contributed by atoms with E-state index in [-0.39, 0.29) is 0 Å². The topological polar surface area (TPSA) is 59.4 Å². The van der Waals surface area contributed by atoms with Crippen molar-refractivity contribution in [3.63, 3.8) is 0 Å². The van der Waals surface area contributed by atoms with Crippen molar-refractivity contribution < 1.29 is 14.6 Å². The van der Waals surface area contributed by atoms with Crippen LogP contribution in [0.5, 0.6) is 0 Å². The van der Waals surface area contributed by atoms with Crippen molar-refractivity contribution in [2.24, 2.45) is 0 Å². The van der Waals surface area contributed by atoms with Gasteiger partial charge < -0.3 is 9.84 Å². The van der Waals surface area contributed by atoms with Crippen LogP contribution in [0.4, 0.5) is 0 Å². The minimum Gasteiger partial charge on any atom is -0.478 e. The Bertz CT molecular complexity index is 335. The van der Waals surface area contributed by atoms with Gasteiger partial charge in [-0.05, 0) is 30.5 Å². The molecule has 4 nitrogen and oxygen atoms in total. The summed E-state index contributed by atoms with van der Waals surface area (Å²) in [4.78, 5) is 14.1. The number of carbonyl (C=O) groups is 1. The fourth-order valence-electron chi connectivity index (χ4n) is 1.23. The summed E-state index contributed by atoms with van der Waals surface area (Å²) < 4.78 is 5.24. The molecule has 1 rings (SSSR count). The Morgan fingerprint density at radius 3 is 2.88 bits per heavy atom. The van der Waals surface area contributed by atoms with E-state index in [1.165, 1.54) is 11.6 Å². The first-order valence-corrected chi connectivity index (χ1v) is 5.15. The number of ether oxygens (including phenoxy) is 1. The summed E-state index contributed by atoms with van der Waals surface area (Å²) in [5.41, 5.74) is 1.24. The van der Waals surface area contributed by atoms with Gasteiger partial charge in [-0.1, -0.05) is 6.08 Å². The lowest BCUT2D eigenvalue weighted by atomic mass is 10.1. The molecule has 16 heavy (non-hydrogen) atoms. The first-order valence-electron chi connectivity index (χ1n) is 5.15. The van der Waals surface area contributed by atoms with Crippen LogP contribution < -0.4 is 0 Å². The Morgan fingerprint density at radius 2 is 2.19 bits per heavy atom. The molecule has 1 aromatic heterocycles. The van der Waals surface area contributed by atoms with E-state index in [4.69, 9.17) is 9.84 Å². The van der Waals surface area contributed by atoms with E-state index >= 15 is 0 Å². The first kappa shape index (κ1) is 12.4. The zero-order valence-electron chi connectivity index (χ0n) is 9.00. The van der Waals surface area contributed by atoms with Crippen LogP contribution in [0.2, 0.25) is 0 Å². The SMILES string of the molecule is O=C(O)C=CCOCCCc1ccncc1. The molecule has 0 fully saturated rings. The number of pyridine rings is 1. The quantitative estimate of drug-likeness (QED) is 0.562. The molecule has 0 radical (unpaired) electrons. The molecule has 0 aliphatic rings. The molecule has 0 unspecified atom stereocenters. The van der Waals surface area contributed by atoms with E-state index in [0.29, 0.717) is 13.2 Å². The largest absolute Gasteiger partial charge is 0.478 e. The van der Waals surface area contributed by atoms with Crippen LogP contribution in [0.3, 0.4) is 0 Å². The lowest BCUT2D eigenvalue weighted by molar-refractivity contribution is -0.131. The summed E-state index contributed by atoms with van der Waals surface area (Å²) in [5, 5.41) is 8.32. The number of hydrogen-bond acceptors (Lipinski definition) is 3. The molecule has 0 aliphatic carbocycles. The summed E-state index contributed by atoms with van der Waals surface area (Å²) >= 11 is 0. The van der Waals surface area contributed by atoms with Gasteiger partial charge in [-0.15, -0.1) is 0 Å². The molecule has 0 saturated heterocycles. The third kappa shape index (κ3) is 5.93. The van der Waals surface area contributed by atoms with Gasteiger partial charge in [0.2, 0.25) is 0 Å². The second-order valence-electron chi connectivity index (χ2n) is 3.27. The molecule has 4 heteroatoms. The molecule has 0 bridgehead atoms. The van der Waals surface area contributed by atoms with Crippen LogP contribution >= 0.6 is 0 Å². The third-order valence-electron chi connectivity index (χ3n) is 1.98. The van der Waals surface area contributed by atoms with Gasteiger partial charge in [0, 0.05) is 25.1 Å². The molecule has 0 amide bonds. The second kappa shape index (κ2) is 7.59. The van der Waals surface area contributed by atoms with Gasteiger partial charge in [-0.25, -0.2) is 4.79 Å². The highest BCUT2D eigenvalue weighted by atomic mass is 16.5. The van der Waals surface area contributed by atoms with Crippen LogP contribution in [0.25, 0.3) is 0 Å². The minimum atomic E-state index is -0.944. The highest BCUT2D eigenvalue weighted by Gasteiger charge is 1.92. The van der Waals surface area contributed by atoms with Gasteiger partial charge in [0.1, 0.15) is 0 Å². The molecule has 1 N–H and O–H groups in total. The number of rotatable bonds is 7. The molecular formula is C12H15NO3. The predicted octanol–water partition coefficient (Wildman–Crippen LogP) is 1.67. The van der Waals surface area contributed by atoms with Crippen molar-refractivity contribution >= 4 is 5.97 Å². The maximum atomic E-state index is 10.1. The lowest BCUT2D eigenvalue weighted by Gasteiger charge is -2.01. The Hall–Kier alpha value is -1.68. The van der Waals surface area contributed by atoms with Gasteiger partial charge in [0.15, 0.2) is 0 Å². The Balaban J connectivity index is 2.02.